The van der Waals surface area contributed by atoms with E-state index in [0.717, 1.165) is 11.3 Å². The van der Waals surface area contributed by atoms with E-state index in [9.17, 15) is 4.79 Å². The number of carbonyl (C=O) groups is 1. The first-order valence-corrected chi connectivity index (χ1v) is 6.46. The zero-order chi connectivity index (χ0) is 13.7. The molecule has 1 atom stereocenters. The van der Waals surface area contributed by atoms with Crippen molar-refractivity contribution in [3.05, 3.63) is 29.8 Å². The van der Waals surface area contributed by atoms with Crippen molar-refractivity contribution < 1.29 is 14.3 Å². The van der Waals surface area contributed by atoms with Crippen LogP contribution in [0, 0.1) is 0 Å². The summed E-state index contributed by atoms with van der Waals surface area (Å²) >= 11 is 0. The second-order valence-corrected chi connectivity index (χ2v) is 4.55. The Balaban J connectivity index is 1.99. The lowest BCUT2D eigenvalue weighted by Crippen LogP contribution is -2.41. The molecule has 0 bridgehead atoms. The molecule has 5 heteroatoms. The standard InChI is InChI=1S/C14H20N2O3/c1-18-13-5-3-2-4-11(13)12(15)10-14(17)16-6-8-19-9-7-16/h2-5,12H,6-10,15H2,1H3. The number of hydrogen-bond acceptors (Lipinski definition) is 4. The van der Waals surface area contributed by atoms with E-state index in [-0.39, 0.29) is 11.9 Å². The van der Waals surface area contributed by atoms with Crippen LogP contribution in [-0.4, -0.2) is 44.2 Å². The molecule has 104 valence electrons. The summed E-state index contributed by atoms with van der Waals surface area (Å²) in [5, 5.41) is 0. The molecule has 1 aromatic carbocycles. The van der Waals surface area contributed by atoms with Crippen LogP contribution in [0.4, 0.5) is 0 Å². The summed E-state index contributed by atoms with van der Waals surface area (Å²) in [6.45, 7) is 2.51. The molecule has 1 saturated heterocycles. The molecular formula is C14H20N2O3. The summed E-state index contributed by atoms with van der Waals surface area (Å²) in [5.41, 5.74) is 6.99. The minimum atomic E-state index is -0.341. The molecule has 0 saturated carbocycles. The number of methoxy groups -OCH3 is 1. The van der Waals surface area contributed by atoms with E-state index in [1.54, 1.807) is 12.0 Å². The number of nitrogens with zero attached hydrogens (tertiary/aromatic N) is 1. The minimum Gasteiger partial charge on any atom is -0.496 e. The largest absolute Gasteiger partial charge is 0.496 e. The predicted molar refractivity (Wildman–Crippen MR) is 71.9 cm³/mol. The van der Waals surface area contributed by atoms with Gasteiger partial charge in [-0.1, -0.05) is 18.2 Å². The molecule has 19 heavy (non-hydrogen) atoms. The van der Waals surface area contributed by atoms with Gasteiger partial charge in [-0.15, -0.1) is 0 Å². The highest BCUT2D eigenvalue weighted by molar-refractivity contribution is 5.77. The first-order chi connectivity index (χ1) is 9.22. The van der Waals surface area contributed by atoms with Crippen molar-refractivity contribution in [2.45, 2.75) is 12.5 Å². The van der Waals surface area contributed by atoms with Gasteiger partial charge in [0.05, 0.1) is 20.3 Å². The maximum Gasteiger partial charge on any atom is 0.224 e. The Kier molecular flexibility index (Phi) is 4.76. The minimum absolute atomic E-state index is 0.0710. The van der Waals surface area contributed by atoms with Gasteiger partial charge in [0.2, 0.25) is 5.91 Å². The number of amides is 1. The van der Waals surface area contributed by atoms with Gasteiger partial charge in [0.25, 0.3) is 0 Å². The zero-order valence-electron chi connectivity index (χ0n) is 11.2. The van der Waals surface area contributed by atoms with E-state index < -0.39 is 0 Å². The van der Waals surface area contributed by atoms with E-state index in [4.69, 9.17) is 15.2 Å². The third kappa shape index (κ3) is 3.45. The zero-order valence-corrected chi connectivity index (χ0v) is 11.2. The summed E-state index contributed by atoms with van der Waals surface area (Å²) in [4.78, 5) is 13.9. The van der Waals surface area contributed by atoms with Crippen molar-refractivity contribution in [1.82, 2.24) is 4.90 Å². The predicted octanol–water partition coefficient (Wildman–Crippen LogP) is 0.944. The number of nitrogens with two attached hydrogens (primary N) is 1. The SMILES string of the molecule is COc1ccccc1C(N)CC(=O)N1CCOCC1. The highest BCUT2D eigenvalue weighted by Crippen LogP contribution is 2.25. The molecule has 0 aliphatic carbocycles. The molecule has 2 rings (SSSR count). The van der Waals surface area contributed by atoms with Gasteiger partial charge in [-0.05, 0) is 6.07 Å². The second-order valence-electron chi connectivity index (χ2n) is 4.55. The molecule has 1 heterocycles. The number of benzene rings is 1. The van der Waals surface area contributed by atoms with Gasteiger partial charge < -0.3 is 20.1 Å². The van der Waals surface area contributed by atoms with E-state index in [1.165, 1.54) is 0 Å². The molecule has 5 nitrogen and oxygen atoms in total. The third-order valence-corrected chi connectivity index (χ3v) is 3.30. The molecule has 1 fully saturated rings. The fourth-order valence-corrected chi connectivity index (χ4v) is 2.21. The van der Waals surface area contributed by atoms with Crippen LogP contribution in [-0.2, 0) is 9.53 Å². The number of ether oxygens (including phenoxy) is 2. The van der Waals surface area contributed by atoms with Crippen LogP contribution in [0.5, 0.6) is 5.75 Å². The first-order valence-electron chi connectivity index (χ1n) is 6.46. The second kappa shape index (κ2) is 6.54. The monoisotopic (exact) mass is 264 g/mol. The molecule has 1 aliphatic rings. The molecule has 1 unspecified atom stereocenters. The van der Waals surface area contributed by atoms with Gasteiger partial charge in [0, 0.05) is 31.1 Å². The number of hydrogen-bond donors (Lipinski definition) is 1. The Labute approximate surface area is 113 Å². The van der Waals surface area contributed by atoms with E-state index in [1.807, 2.05) is 24.3 Å². The average molecular weight is 264 g/mol. The first kappa shape index (κ1) is 13.8. The Morgan fingerprint density at radius 3 is 2.79 bits per heavy atom. The summed E-state index contributed by atoms with van der Waals surface area (Å²) in [6, 6.07) is 7.20. The number of para-hydroxylation sites is 1. The van der Waals surface area contributed by atoms with Crippen LogP contribution >= 0.6 is 0 Å². The Hall–Kier alpha value is -1.59. The Morgan fingerprint density at radius 1 is 1.42 bits per heavy atom. The molecule has 0 aromatic heterocycles. The van der Waals surface area contributed by atoms with Crippen LogP contribution in [0.1, 0.15) is 18.0 Å². The van der Waals surface area contributed by atoms with Gasteiger partial charge in [0.1, 0.15) is 5.75 Å². The van der Waals surface area contributed by atoms with Crippen LogP contribution in [0.25, 0.3) is 0 Å². The van der Waals surface area contributed by atoms with E-state index in [2.05, 4.69) is 0 Å². The summed E-state index contributed by atoms with van der Waals surface area (Å²) < 4.78 is 10.5. The summed E-state index contributed by atoms with van der Waals surface area (Å²) in [6.07, 6.45) is 0.292. The van der Waals surface area contributed by atoms with Crippen molar-refractivity contribution in [2.24, 2.45) is 5.73 Å². The van der Waals surface area contributed by atoms with E-state index >= 15 is 0 Å². The molecule has 2 N–H and O–H groups in total. The Bertz CT molecular complexity index is 430. The van der Waals surface area contributed by atoms with Crippen molar-refractivity contribution in [1.29, 1.82) is 0 Å². The molecule has 1 amide bonds. The third-order valence-electron chi connectivity index (χ3n) is 3.30. The summed E-state index contributed by atoms with van der Waals surface area (Å²) in [5.74, 6) is 0.798. The van der Waals surface area contributed by atoms with Crippen molar-refractivity contribution in [3.8, 4) is 5.75 Å². The van der Waals surface area contributed by atoms with Crippen LogP contribution in [0.15, 0.2) is 24.3 Å². The Morgan fingerprint density at radius 2 is 2.11 bits per heavy atom. The lowest BCUT2D eigenvalue weighted by Gasteiger charge is -2.28. The van der Waals surface area contributed by atoms with Crippen molar-refractivity contribution in [3.63, 3.8) is 0 Å². The molecular weight excluding hydrogens is 244 g/mol. The molecule has 0 radical (unpaired) electrons. The molecule has 1 aromatic rings. The highest BCUT2D eigenvalue weighted by atomic mass is 16.5. The van der Waals surface area contributed by atoms with Gasteiger partial charge in [-0.25, -0.2) is 0 Å². The van der Waals surface area contributed by atoms with Gasteiger partial charge >= 0.3 is 0 Å². The fraction of sp³-hybridized carbons (Fsp3) is 0.500. The maximum absolute atomic E-state index is 12.1. The number of morpholine rings is 1. The molecule has 1 aliphatic heterocycles. The topological polar surface area (TPSA) is 64.8 Å². The van der Waals surface area contributed by atoms with Gasteiger partial charge in [-0.2, -0.15) is 0 Å². The fourth-order valence-electron chi connectivity index (χ4n) is 2.21. The number of carbonyl (C=O) groups excluding carboxylic acids is 1. The van der Waals surface area contributed by atoms with Gasteiger partial charge in [-0.3, -0.25) is 4.79 Å². The van der Waals surface area contributed by atoms with Crippen molar-refractivity contribution in [2.75, 3.05) is 33.4 Å². The molecule has 0 spiro atoms. The average Bonchev–Trinajstić information content (AvgIpc) is 2.48. The van der Waals surface area contributed by atoms with E-state index in [0.29, 0.717) is 32.7 Å². The summed E-state index contributed by atoms with van der Waals surface area (Å²) in [7, 11) is 1.61. The van der Waals surface area contributed by atoms with Crippen LogP contribution in [0.2, 0.25) is 0 Å². The highest BCUT2D eigenvalue weighted by Gasteiger charge is 2.21. The lowest BCUT2D eigenvalue weighted by atomic mass is 10.0. The smallest absolute Gasteiger partial charge is 0.224 e. The van der Waals surface area contributed by atoms with Crippen molar-refractivity contribution >= 4 is 5.91 Å². The number of rotatable bonds is 4. The quantitative estimate of drug-likeness (QED) is 0.879. The van der Waals surface area contributed by atoms with Crippen LogP contribution < -0.4 is 10.5 Å². The van der Waals surface area contributed by atoms with Crippen LogP contribution in [0.3, 0.4) is 0 Å². The lowest BCUT2D eigenvalue weighted by molar-refractivity contribution is -0.135. The maximum atomic E-state index is 12.1. The normalized spacial score (nSPS) is 17.1. The van der Waals surface area contributed by atoms with Gasteiger partial charge in [0.15, 0.2) is 0 Å².